The van der Waals surface area contributed by atoms with Gasteiger partial charge >= 0.3 is 0 Å². The maximum Gasteiger partial charge on any atom is 0.250 e. The van der Waals surface area contributed by atoms with Crippen LogP contribution in [0.2, 0.25) is 0 Å². The van der Waals surface area contributed by atoms with Crippen LogP contribution in [0.4, 0.5) is 0 Å². The molecule has 0 aromatic carbocycles. The first kappa shape index (κ1) is 14.9. The molecule has 18 heavy (non-hydrogen) atoms. The topological polar surface area (TPSA) is 45.5 Å². The Balaban J connectivity index is 2.62. The molecule has 1 N–H and O–H groups in total. The largest absolute Gasteiger partial charge is 0.395 e. The summed E-state index contributed by atoms with van der Waals surface area (Å²) in [4.78, 5) is 13.9. The van der Waals surface area contributed by atoms with Crippen molar-refractivity contribution >= 4 is 0 Å². The molecule has 0 bridgehead atoms. The maximum atomic E-state index is 11.6. The van der Waals surface area contributed by atoms with Crippen LogP contribution in [-0.2, 0) is 6.54 Å². The van der Waals surface area contributed by atoms with Gasteiger partial charge in [0.05, 0.1) is 6.61 Å². The van der Waals surface area contributed by atoms with Gasteiger partial charge in [-0.25, -0.2) is 0 Å². The van der Waals surface area contributed by atoms with Crippen molar-refractivity contribution in [2.24, 2.45) is 0 Å². The molecule has 0 saturated heterocycles. The van der Waals surface area contributed by atoms with Crippen LogP contribution in [-0.4, -0.2) is 40.3 Å². The number of aliphatic hydroxyl groups is 1. The Morgan fingerprint density at radius 3 is 2.56 bits per heavy atom. The van der Waals surface area contributed by atoms with Gasteiger partial charge in [-0.05, 0) is 18.9 Å². The smallest absolute Gasteiger partial charge is 0.250 e. The van der Waals surface area contributed by atoms with Crippen molar-refractivity contribution in [3.8, 4) is 0 Å². The summed E-state index contributed by atoms with van der Waals surface area (Å²) in [6, 6.07) is 5.68. The van der Waals surface area contributed by atoms with Crippen molar-refractivity contribution < 1.29 is 5.11 Å². The van der Waals surface area contributed by atoms with E-state index in [1.54, 1.807) is 16.7 Å². The molecule has 1 aromatic heterocycles. The summed E-state index contributed by atoms with van der Waals surface area (Å²) in [6.45, 7) is 6.64. The summed E-state index contributed by atoms with van der Waals surface area (Å²) >= 11 is 0. The van der Waals surface area contributed by atoms with E-state index in [2.05, 4.69) is 18.7 Å². The SMILES string of the molecule is CCC(CC)N(CCO)CCn1ccccc1=O. The van der Waals surface area contributed by atoms with Crippen LogP contribution in [0, 0.1) is 0 Å². The van der Waals surface area contributed by atoms with Gasteiger partial charge in [0.1, 0.15) is 0 Å². The molecule has 4 nitrogen and oxygen atoms in total. The van der Waals surface area contributed by atoms with Crippen molar-refractivity contribution in [1.29, 1.82) is 0 Å². The molecule has 0 spiro atoms. The van der Waals surface area contributed by atoms with E-state index in [9.17, 15) is 4.79 Å². The average Bonchev–Trinajstić information content (AvgIpc) is 2.39. The standard InChI is InChI=1S/C14H24N2O2/c1-3-13(4-2)15(11-12-17)9-10-16-8-6-5-7-14(16)18/h5-8,13,17H,3-4,9-12H2,1-2H3. The highest BCUT2D eigenvalue weighted by atomic mass is 16.3. The second-order valence-corrected chi connectivity index (χ2v) is 4.46. The van der Waals surface area contributed by atoms with Gasteiger partial charge in [0.15, 0.2) is 0 Å². The Labute approximate surface area is 109 Å². The van der Waals surface area contributed by atoms with Crippen LogP contribution in [0.25, 0.3) is 0 Å². The van der Waals surface area contributed by atoms with Crippen LogP contribution in [0.15, 0.2) is 29.2 Å². The molecule has 1 heterocycles. The van der Waals surface area contributed by atoms with Crippen LogP contribution in [0.3, 0.4) is 0 Å². The zero-order valence-corrected chi connectivity index (χ0v) is 11.4. The summed E-state index contributed by atoms with van der Waals surface area (Å²) in [5.41, 5.74) is 0.0333. The Kier molecular flexibility index (Phi) is 6.68. The summed E-state index contributed by atoms with van der Waals surface area (Å²) in [5.74, 6) is 0. The zero-order valence-electron chi connectivity index (χ0n) is 11.4. The minimum Gasteiger partial charge on any atom is -0.395 e. The minimum absolute atomic E-state index is 0.0333. The fourth-order valence-corrected chi connectivity index (χ4v) is 2.29. The molecule has 0 saturated carbocycles. The van der Waals surface area contributed by atoms with Crippen molar-refractivity contribution in [3.63, 3.8) is 0 Å². The Morgan fingerprint density at radius 2 is 2.00 bits per heavy atom. The summed E-state index contributed by atoms with van der Waals surface area (Å²) in [5, 5.41) is 9.12. The van der Waals surface area contributed by atoms with E-state index in [-0.39, 0.29) is 12.2 Å². The van der Waals surface area contributed by atoms with E-state index in [1.165, 1.54) is 0 Å². The fraction of sp³-hybridized carbons (Fsp3) is 0.643. The molecular formula is C14H24N2O2. The third-order valence-electron chi connectivity index (χ3n) is 3.37. The van der Waals surface area contributed by atoms with Gasteiger partial charge in [-0.2, -0.15) is 0 Å². The summed E-state index contributed by atoms with van der Waals surface area (Å²) < 4.78 is 1.72. The molecule has 0 radical (unpaired) electrons. The minimum atomic E-state index is 0.0333. The summed E-state index contributed by atoms with van der Waals surface area (Å²) in [7, 11) is 0. The van der Waals surface area contributed by atoms with Gasteiger partial charge in [0.2, 0.25) is 0 Å². The van der Waals surface area contributed by atoms with E-state index in [0.717, 1.165) is 19.4 Å². The lowest BCUT2D eigenvalue weighted by Crippen LogP contribution is -2.39. The predicted octanol–water partition coefficient (Wildman–Crippen LogP) is 1.33. The molecule has 0 aliphatic carbocycles. The Hall–Kier alpha value is -1.13. The second-order valence-electron chi connectivity index (χ2n) is 4.46. The molecule has 0 amide bonds. The van der Waals surface area contributed by atoms with Gasteiger partial charge in [-0.15, -0.1) is 0 Å². The van der Waals surface area contributed by atoms with E-state index >= 15 is 0 Å². The highest BCUT2D eigenvalue weighted by molar-refractivity contribution is 4.93. The monoisotopic (exact) mass is 252 g/mol. The number of aliphatic hydroxyl groups excluding tert-OH is 1. The zero-order chi connectivity index (χ0) is 13.4. The molecule has 102 valence electrons. The van der Waals surface area contributed by atoms with Crippen LogP contribution >= 0.6 is 0 Å². The van der Waals surface area contributed by atoms with Crippen molar-refractivity contribution in [2.45, 2.75) is 39.3 Å². The molecule has 0 atom stereocenters. The molecule has 0 fully saturated rings. The lowest BCUT2D eigenvalue weighted by atomic mass is 10.1. The molecule has 1 aromatic rings. The maximum absolute atomic E-state index is 11.6. The van der Waals surface area contributed by atoms with E-state index < -0.39 is 0 Å². The van der Waals surface area contributed by atoms with Gasteiger partial charge in [0, 0.05) is 37.9 Å². The number of hydrogen-bond acceptors (Lipinski definition) is 3. The highest BCUT2D eigenvalue weighted by Crippen LogP contribution is 2.07. The van der Waals surface area contributed by atoms with Gasteiger partial charge in [-0.1, -0.05) is 19.9 Å². The highest BCUT2D eigenvalue weighted by Gasteiger charge is 2.14. The van der Waals surface area contributed by atoms with Crippen LogP contribution in [0.1, 0.15) is 26.7 Å². The lowest BCUT2D eigenvalue weighted by Gasteiger charge is -2.29. The summed E-state index contributed by atoms with van der Waals surface area (Å²) in [6.07, 6.45) is 3.95. The molecule has 0 unspecified atom stereocenters. The number of rotatable bonds is 8. The Bertz CT molecular complexity index is 385. The van der Waals surface area contributed by atoms with Crippen molar-refractivity contribution in [1.82, 2.24) is 9.47 Å². The Morgan fingerprint density at radius 1 is 1.28 bits per heavy atom. The van der Waals surface area contributed by atoms with Gasteiger partial charge in [-0.3, -0.25) is 9.69 Å². The van der Waals surface area contributed by atoms with E-state index in [1.807, 2.05) is 12.3 Å². The normalized spacial score (nSPS) is 11.4. The van der Waals surface area contributed by atoms with E-state index in [0.29, 0.717) is 19.1 Å². The first-order chi connectivity index (χ1) is 8.72. The van der Waals surface area contributed by atoms with Crippen LogP contribution < -0.4 is 5.56 Å². The number of aromatic nitrogens is 1. The third-order valence-corrected chi connectivity index (χ3v) is 3.37. The molecule has 1 rings (SSSR count). The molecule has 4 heteroatoms. The van der Waals surface area contributed by atoms with Gasteiger partial charge < -0.3 is 9.67 Å². The third kappa shape index (κ3) is 4.27. The fourth-order valence-electron chi connectivity index (χ4n) is 2.29. The van der Waals surface area contributed by atoms with Crippen molar-refractivity contribution in [3.05, 3.63) is 34.7 Å². The van der Waals surface area contributed by atoms with Gasteiger partial charge in [0.25, 0.3) is 5.56 Å². The molecular weight excluding hydrogens is 228 g/mol. The van der Waals surface area contributed by atoms with E-state index in [4.69, 9.17) is 5.11 Å². The lowest BCUT2D eigenvalue weighted by molar-refractivity contribution is 0.138. The first-order valence-electron chi connectivity index (χ1n) is 6.73. The van der Waals surface area contributed by atoms with Crippen molar-refractivity contribution in [2.75, 3.05) is 19.7 Å². The molecule has 0 aliphatic heterocycles. The average molecular weight is 252 g/mol. The number of hydrogen-bond donors (Lipinski definition) is 1. The number of nitrogens with zero attached hydrogens (tertiary/aromatic N) is 2. The predicted molar refractivity (Wildman–Crippen MR) is 73.7 cm³/mol. The molecule has 0 aliphatic rings. The first-order valence-corrected chi connectivity index (χ1v) is 6.73. The number of pyridine rings is 1. The van der Waals surface area contributed by atoms with Crippen LogP contribution in [0.5, 0.6) is 0 Å². The second kappa shape index (κ2) is 8.06. The quantitative estimate of drug-likeness (QED) is 0.759.